The first-order chi connectivity index (χ1) is 16.0. The summed E-state index contributed by atoms with van der Waals surface area (Å²) in [7, 11) is 0. The van der Waals surface area contributed by atoms with E-state index in [9.17, 15) is 9.59 Å². The van der Waals surface area contributed by atoms with Crippen molar-refractivity contribution in [3.8, 4) is 5.69 Å². The van der Waals surface area contributed by atoms with Crippen molar-refractivity contribution in [2.75, 3.05) is 11.9 Å². The molecule has 1 aliphatic heterocycles. The van der Waals surface area contributed by atoms with Gasteiger partial charge < -0.3 is 10.2 Å². The maximum absolute atomic E-state index is 13.1. The van der Waals surface area contributed by atoms with Crippen LogP contribution in [0.4, 0.5) is 5.69 Å². The second-order valence-electron chi connectivity index (χ2n) is 8.81. The van der Waals surface area contributed by atoms with Crippen molar-refractivity contribution >= 4 is 17.5 Å². The zero-order chi connectivity index (χ0) is 23.2. The molecule has 1 atom stereocenters. The zero-order valence-electron chi connectivity index (χ0n) is 19.5. The molecule has 2 heterocycles. The standard InChI is InChI=1S/C27H32N4O2/c1-20-19-21(2)31(29-20)24-16-14-23(15-17-24)28-27(33)25-12-6-7-18-30(25)26(32)13-8-11-22-9-4-3-5-10-22/h3-5,9-10,14-17,19,25H,6-8,11-13,18H2,1-2H3,(H,28,33)/t25-/m0/s1. The van der Waals surface area contributed by atoms with E-state index in [1.807, 2.05) is 67.1 Å². The number of anilines is 1. The number of carbonyl (C=O) groups excluding carboxylic acids is 2. The number of benzene rings is 2. The van der Waals surface area contributed by atoms with Crippen LogP contribution in [0.3, 0.4) is 0 Å². The second-order valence-corrected chi connectivity index (χ2v) is 8.81. The van der Waals surface area contributed by atoms with Gasteiger partial charge in [-0.15, -0.1) is 0 Å². The van der Waals surface area contributed by atoms with E-state index in [0.717, 1.165) is 48.4 Å². The van der Waals surface area contributed by atoms with Crippen LogP contribution in [-0.2, 0) is 16.0 Å². The number of nitrogens with zero attached hydrogens (tertiary/aromatic N) is 3. The third-order valence-electron chi connectivity index (χ3n) is 6.21. The van der Waals surface area contributed by atoms with E-state index in [2.05, 4.69) is 22.5 Å². The van der Waals surface area contributed by atoms with Crippen molar-refractivity contribution in [2.45, 2.75) is 58.4 Å². The molecule has 1 saturated heterocycles. The summed E-state index contributed by atoms with van der Waals surface area (Å²) in [6.07, 6.45) is 4.75. The molecule has 1 N–H and O–H groups in total. The summed E-state index contributed by atoms with van der Waals surface area (Å²) in [6, 6.07) is 19.5. The Labute approximate surface area is 195 Å². The minimum absolute atomic E-state index is 0.0747. The Kier molecular flexibility index (Phi) is 7.23. The fraction of sp³-hybridized carbons (Fsp3) is 0.370. The van der Waals surface area contributed by atoms with Crippen LogP contribution in [0.2, 0.25) is 0 Å². The van der Waals surface area contributed by atoms with Crippen molar-refractivity contribution < 1.29 is 9.59 Å². The Hall–Kier alpha value is -3.41. The summed E-state index contributed by atoms with van der Waals surface area (Å²) in [5.74, 6) is -0.0318. The predicted molar refractivity (Wildman–Crippen MR) is 130 cm³/mol. The van der Waals surface area contributed by atoms with Crippen LogP contribution >= 0.6 is 0 Å². The molecule has 1 aliphatic rings. The molecular weight excluding hydrogens is 412 g/mol. The number of hydrogen-bond acceptors (Lipinski definition) is 3. The lowest BCUT2D eigenvalue weighted by Gasteiger charge is -2.35. The first kappa shape index (κ1) is 22.8. The summed E-state index contributed by atoms with van der Waals surface area (Å²) >= 11 is 0. The number of carbonyl (C=O) groups is 2. The molecule has 2 amide bonds. The van der Waals surface area contributed by atoms with Crippen LogP contribution < -0.4 is 5.32 Å². The van der Waals surface area contributed by atoms with Gasteiger partial charge in [-0.05, 0) is 81.8 Å². The normalized spacial score (nSPS) is 15.9. The highest BCUT2D eigenvalue weighted by atomic mass is 16.2. The Morgan fingerprint density at radius 1 is 1.03 bits per heavy atom. The zero-order valence-corrected chi connectivity index (χ0v) is 19.5. The van der Waals surface area contributed by atoms with Crippen LogP contribution in [-0.4, -0.2) is 39.1 Å². The largest absolute Gasteiger partial charge is 0.331 e. The highest BCUT2D eigenvalue weighted by molar-refractivity contribution is 5.97. The number of likely N-dealkylation sites (tertiary alicyclic amines) is 1. The summed E-state index contributed by atoms with van der Waals surface area (Å²) < 4.78 is 1.89. The average molecular weight is 445 g/mol. The van der Waals surface area contributed by atoms with Crippen molar-refractivity contribution in [3.05, 3.63) is 77.6 Å². The lowest BCUT2D eigenvalue weighted by atomic mass is 10.00. The van der Waals surface area contributed by atoms with E-state index in [1.54, 1.807) is 4.90 Å². The Morgan fingerprint density at radius 3 is 2.48 bits per heavy atom. The first-order valence-corrected chi connectivity index (χ1v) is 11.8. The molecule has 0 radical (unpaired) electrons. The molecular formula is C27H32N4O2. The highest BCUT2D eigenvalue weighted by Gasteiger charge is 2.31. The van der Waals surface area contributed by atoms with Crippen molar-refractivity contribution in [1.82, 2.24) is 14.7 Å². The van der Waals surface area contributed by atoms with E-state index in [0.29, 0.717) is 19.4 Å². The maximum atomic E-state index is 13.1. The molecule has 1 fully saturated rings. The molecule has 4 rings (SSSR count). The van der Waals surface area contributed by atoms with Crippen LogP contribution in [0.25, 0.3) is 5.69 Å². The average Bonchev–Trinajstić information content (AvgIpc) is 3.18. The molecule has 0 aliphatic carbocycles. The van der Waals surface area contributed by atoms with Gasteiger partial charge in [-0.3, -0.25) is 9.59 Å². The van der Waals surface area contributed by atoms with Gasteiger partial charge in [0.15, 0.2) is 0 Å². The number of piperidine rings is 1. The number of nitrogens with one attached hydrogen (secondary N) is 1. The van der Waals surface area contributed by atoms with Gasteiger partial charge in [-0.25, -0.2) is 4.68 Å². The molecule has 1 aromatic heterocycles. The van der Waals surface area contributed by atoms with E-state index in [1.165, 1.54) is 5.56 Å². The van der Waals surface area contributed by atoms with Crippen LogP contribution in [0.15, 0.2) is 60.7 Å². The van der Waals surface area contributed by atoms with Gasteiger partial charge in [0.25, 0.3) is 0 Å². The maximum Gasteiger partial charge on any atom is 0.247 e. The molecule has 6 heteroatoms. The topological polar surface area (TPSA) is 67.2 Å². The highest BCUT2D eigenvalue weighted by Crippen LogP contribution is 2.22. The van der Waals surface area contributed by atoms with E-state index in [-0.39, 0.29) is 11.8 Å². The molecule has 0 spiro atoms. The van der Waals surface area contributed by atoms with Crippen molar-refractivity contribution in [2.24, 2.45) is 0 Å². The summed E-state index contributed by atoms with van der Waals surface area (Å²) in [4.78, 5) is 27.8. The van der Waals surface area contributed by atoms with Gasteiger partial charge in [0, 0.05) is 24.3 Å². The third kappa shape index (κ3) is 5.69. The quantitative estimate of drug-likeness (QED) is 0.567. The second kappa shape index (κ2) is 10.5. The molecule has 2 aromatic carbocycles. The van der Waals surface area contributed by atoms with Crippen molar-refractivity contribution in [3.63, 3.8) is 0 Å². The van der Waals surface area contributed by atoms with Crippen LogP contribution in [0.5, 0.6) is 0 Å². The number of aryl methyl sites for hydroxylation is 3. The number of aromatic nitrogens is 2. The smallest absolute Gasteiger partial charge is 0.247 e. The van der Waals surface area contributed by atoms with Crippen LogP contribution in [0, 0.1) is 13.8 Å². The predicted octanol–water partition coefficient (Wildman–Crippen LogP) is 4.83. The first-order valence-electron chi connectivity index (χ1n) is 11.8. The van der Waals surface area contributed by atoms with E-state index in [4.69, 9.17) is 0 Å². The summed E-state index contributed by atoms with van der Waals surface area (Å²) in [5, 5.41) is 7.52. The van der Waals surface area contributed by atoms with Gasteiger partial charge in [0.2, 0.25) is 11.8 Å². The SMILES string of the molecule is Cc1cc(C)n(-c2ccc(NC(=O)[C@@H]3CCCCN3C(=O)CCCc3ccccc3)cc2)n1. The van der Waals surface area contributed by atoms with Gasteiger partial charge in [-0.1, -0.05) is 30.3 Å². The van der Waals surface area contributed by atoms with Gasteiger partial charge >= 0.3 is 0 Å². The van der Waals surface area contributed by atoms with Gasteiger partial charge in [-0.2, -0.15) is 5.10 Å². The molecule has 6 nitrogen and oxygen atoms in total. The Bertz CT molecular complexity index is 1090. The Balaban J connectivity index is 1.35. The summed E-state index contributed by atoms with van der Waals surface area (Å²) in [5.41, 5.74) is 4.95. The molecule has 0 bridgehead atoms. The number of amides is 2. The molecule has 3 aromatic rings. The third-order valence-corrected chi connectivity index (χ3v) is 6.21. The Morgan fingerprint density at radius 2 is 1.79 bits per heavy atom. The minimum atomic E-state index is -0.404. The lowest BCUT2D eigenvalue weighted by Crippen LogP contribution is -2.50. The van der Waals surface area contributed by atoms with E-state index < -0.39 is 6.04 Å². The van der Waals surface area contributed by atoms with E-state index >= 15 is 0 Å². The fourth-order valence-electron chi connectivity index (χ4n) is 4.54. The summed E-state index contributed by atoms with van der Waals surface area (Å²) in [6.45, 7) is 4.64. The van der Waals surface area contributed by atoms with Gasteiger partial charge in [0.1, 0.15) is 6.04 Å². The van der Waals surface area contributed by atoms with Gasteiger partial charge in [0.05, 0.1) is 11.4 Å². The van der Waals surface area contributed by atoms with Crippen molar-refractivity contribution in [1.29, 1.82) is 0 Å². The fourth-order valence-corrected chi connectivity index (χ4v) is 4.54. The molecule has 172 valence electrons. The molecule has 33 heavy (non-hydrogen) atoms. The monoisotopic (exact) mass is 444 g/mol. The number of hydrogen-bond donors (Lipinski definition) is 1. The van der Waals surface area contributed by atoms with Crippen LogP contribution in [0.1, 0.15) is 49.1 Å². The number of rotatable bonds is 7. The minimum Gasteiger partial charge on any atom is -0.331 e. The molecule has 0 saturated carbocycles. The lowest BCUT2D eigenvalue weighted by molar-refractivity contribution is -0.140. The molecule has 0 unspecified atom stereocenters.